The van der Waals surface area contributed by atoms with E-state index >= 15 is 0 Å². The van der Waals surface area contributed by atoms with Crippen LogP contribution in [-0.2, 0) is 30.8 Å². The van der Waals surface area contributed by atoms with E-state index in [0.717, 1.165) is 4.88 Å². The van der Waals surface area contributed by atoms with Gasteiger partial charge in [-0.05, 0) is 43.2 Å². The van der Waals surface area contributed by atoms with E-state index in [4.69, 9.17) is 26.0 Å². The van der Waals surface area contributed by atoms with Gasteiger partial charge in [0.25, 0.3) is 0 Å². The second-order valence-corrected chi connectivity index (χ2v) is 14.3. The number of nitrogens with zero attached hydrogens (tertiary/aromatic N) is 4. The highest BCUT2D eigenvalue weighted by molar-refractivity contribution is 7.89. The Morgan fingerprint density at radius 3 is 2.40 bits per heavy atom. The van der Waals surface area contributed by atoms with Gasteiger partial charge in [0.1, 0.15) is 6.04 Å². The van der Waals surface area contributed by atoms with E-state index in [1.54, 1.807) is 47.1 Å². The number of thiophene rings is 1. The third-order valence-corrected chi connectivity index (χ3v) is 10.5. The first-order chi connectivity index (χ1) is 22.6. The summed E-state index contributed by atoms with van der Waals surface area (Å²) in [4.78, 5) is 41.1. The molecule has 0 spiro atoms. The highest BCUT2D eigenvalue weighted by atomic mass is 35.5. The van der Waals surface area contributed by atoms with Crippen LogP contribution >= 0.6 is 22.9 Å². The summed E-state index contributed by atoms with van der Waals surface area (Å²) >= 11 is 7.38. The van der Waals surface area contributed by atoms with Crippen molar-refractivity contribution in [1.82, 2.24) is 19.7 Å². The molecule has 1 aromatic carbocycles. The van der Waals surface area contributed by atoms with Gasteiger partial charge in [-0.2, -0.15) is 17.9 Å². The molecule has 5 rings (SSSR count). The van der Waals surface area contributed by atoms with Gasteiger partial charge in [-0.3, -0.25) is 14.5 Å². The molecule has 1 atom stereocenters. The van der Waals surface area contributed by atoms with Crippen LogP contribution in [0.1, 0.15) is 24.1 Å². The predicted octanol–water partition coefficient (Wildman–Crippen LogP) is 3.15. The molecule has 48 heavy (non-hydrogen) atoms. The number of carbonyl (C=O) groups excluding carboxylic acids is 2. The molecule has 2 saturated heterocycles. The van der Waals surface area contributed by atoms with Gasteiger partial charge in [0.15, 0.2) is 5.76 Å². The fraction of sp³-hybridized carbons (Fsp3) is 0.448. The van der Waals surface area contributed by atoms with E-state index in [1.807, 2.05) is 4.90 Å². The molecular weight excluding hydrogens is 703 g/mol. The first-order valence-corrected chi connectivity index (χ1v) is 17.3. The fourth-order valence-electron chi connectivity index (χ4n) is 5.25. The van der Waals surface area contributed by atoms with E-state index in [1.165, 1.54) is 17.4 Å². The Balaban J connectivity index is 0.000000671. The van der Waals surface area contributed by atoms with E-state index in [9.17, 15) is 36.3 Å². The molecule has 2 aliphatic rings. The SMILES string of the molecule is Cc1c(N2CCCC2=O)cccc1S(=O)(=O)NC(Cc1cc(-c2ccc(Cl)s2)on1)C(=O)N1CCN(CCO)CC1.O=C(O)C(F)(F)F. The summed E-state index contributed by atoms with van der Waals surface area (Å²) in [5.41, 5.74) is 1.41. The van der Waals surface area contributed by atoms with E-state index in [0.29, 0.717) is 79.2 Å². The van der Waals surface area contributed by atoms with Crippen molar-refractivity contribution < 1.29 is 50.7 Å². The van der Waals surface area contributed by atoms with Crippen LogP contribution in [0, 0.1) is 6.92 Å². The number of hydrogen-bond donors (Lipinski definition) is 3. The Labute approximate surface area is 282 Å². The molecule has 262 valence electrons. The summed E-state index contributed by atoms with van der Waals surface area (Å²) in [6, 6.07) is 8.90. The predicted molar refractivity (Wildman–Crippen MR) is 169 cm³/mol. The number of amides is 2. The summed E-state index contributed by atoms with van der Waals surface area (Å²) < 4.78 is 68.0. The van der Waals surface area contributed by atoms with Crippen LogP contribution in [0.5, 0.6) is 0 Å². The average Bonchev–Trinajstić information content (AvgIpc) is 3.78. The second kappa shape index (κ2) is 15.8. The van der Waals surface area contributed by atoms with Crippen molar-refractivity contribution in [2.45, 2.75) is 43.3 Å². The van der Waals surface area contributed by atoms with Gasteiger partial charge in [0.2, 0.25) is 21.8 Å². The van der Waals surface area contributed by atoms with Crippen molar-refractivity contribution in [2.75, 3.05) is 50.8 Å². The molecule has 2 aromatic heterocycles. The lowest BCUT2D eigenvalue weighted by Gasteiger charge is -2.36. The van der Waals surface area contributed by atoms with Crippen molar-refractivity contribution in [3.63, 3.8) is 0 Å². The number of hydrogen-bond acceptors (Lipinski definition) is 10. The van der Waals surface area contributed by atoms with Crippen LogP contribution in [0.25, 0.3) is 10.6 Å². The number of piperazine rings is 1. The van der Waals surface area contributed by atoms with Crippen molar-refractivity contribution in [3.8, 4) is 10.6 Å². The normalized spacial score (nSPS) is 16.5. The number of β-amino-alcohol motifs (C(OH)–C–C–N with tert-alkyl or cyclic N) is 1. The van der Waals surface area contributed by atoms with Gasteiger partial charge >= 0.3 is 12.1 Å². The molecule has 0 aliphatic carbocycles. The zero-order chi connectivity index (χ0) is 35.2. The highest BCUT2D eigenvalue weighted by Gasteiger charge is 2.38. The van der Waals surface area contributed by atoms with Crippen molar-refractivity contribution in [3.05, 3.63) is 52.0 Å². The lowest BCUT2D eigenvalue weighted by molar-refractivity contribution is -0.192. The second-order valence-electron chi connectivity index (χ2n) is 10.9. The Bertz CT molecular complexity index is 1720. The molecule has 19 heteroatoms. The fourth-order valence-corrected chi connectivity index (χ4v) is 7.70. The minimum absolute atomic E-state index is 0.00864. The number of nitrogens with one attached hydrogen (secondary N) is 1. The molecule has 3 aromatic rings. The maximum absolute atomic E-state index is 13.8. The van der Waals surface area contributed by atoms with Crippen LogP contribution in [-0.4, -0.2) is 109 Å². The maximum Gasteiger partial charge on any atom is 0.490 e. The number of anilines is 1. The lowest BCUT2D eigenvalue weighted by atomic mass is 10.1. The van der Waals surface area contributed by atoms with Crippen LogP contribution < -0.4 is 9.62 Å². The summed E-state index contributed by atoms with van der Waals surface area (Å²) in [6.45, 7) is 4.70. The average molecular weight is 736 g/mol. The minimum atomic E-state index is -5.08. The number of aliphatic hydroxyl groups excluding tert-OH is 1. The minimum Gasteiger partial charge on any atom is -0.475 e. The number of aliphatic hydroxyl groups is 1. The van der Waals surface area contributed by atoms with Crippen LogP contribution in [0.2, 0.25) is 4.34 Å². The summed E-state index contributed by atoms with van der Waals surface area (Å²) in [5, 5.41) is 20.5. The summed E-state index contributed by atoms with van der Waals surface area (Å²) in [6.07, 6.45) is -3.97. The van der Waals surface area contributed by atoms with Crippen molar-refractivity contribution >= 4 is 56.4 Å². The van der Waals surface area contributed by atoms with E-state index < -0.39 is 28.2 Å². The van der Waals surface area contributed by atoms with E-state index in [-0.39, 0.29) is 29.7 Å². The van der Waals surface area contributed by atoms with Crippen molar-refractivity contribution in [2.24, 2.45) is 0 Å². The van der Waals surface area contributed by atoms with Crippen LogP contribution in [0.4, 0.5) is 18.9 Å². The molecule has 0 bridgehead atoms. The lowest BCUT2D eigenvalue weighted by Crippen LogP contribution is -2.55. The van der Waals surface area contributed by atoms with Gasteiger partial charge < -0.3 is 24.5 Å². The quantitative estimate of drug-likeness (QED) is 0.281. The molecule has 13 nitrogen and oxygen atoms in total. The van der Waals surface area contributed by atoms with E-state index in [2.05, 4.69) is 9.88 Å². The molecule has 4 heterocycles. The molecule has 3 N–H and O–H groups in total. The van der Waals surface area contributed by atoms with Gasteiger partial charge in [-0.15, -0.1) is 11.3 Å². The number of carboxylic acids is 1. The van der Waals surface area contributed by atoms with Gasteiger partial charge in [-0.25, -0.2) is 13.2 Å². The molecule has 2 aliphatic heterocycles. The number of halogens is 4. The van der Waals surface area contributed by atoms with Crippen molar-refractivity contribution in [1.29, 1.82) is 0 Å². The molecule has 2 fully saturated rings. The van der Waals surface area contributed by atoms with Gasteiger partial charge in [0, 0.05) is 63.9 Å². The first-order valence-electron chi connectivity index (χ1n) is 14.7. The number of rotatable bonds is 10. The molecule has 1 unspecified atom stereocenters. The number of aliphatic carboxylic acids is 1. The zero-order valence-electron chi connectivity index (χ0n) is 25.6. The smallest absolute Gasteiger partial charge is 0.475 e. The van der Waals surface area contributed by atoms with Gasteiger partial charge in [0.05, 0.1) is 26.4 Å². The number of aromatic nitrogens is 1. The number of benzene rings is 1. The van der Waals surface area contributed by atoms with Crippen LogP contribution in [0.3, 0.4) is 0 Å². The van der Waals surface area contributed by atoms with Crippen LogP contribution in [0.15, 0.2) is 45.8 Å². The molecule has 0 radical (unpaired) electrons. The topological polar surface area (TPSA) is 174 Å². The maximum atomic E-state index is 13.8. The monoisotopic (exact) mass is 735 g/mol. The Morgan fingerprint density at radius 1 is 1.15 bits per heavy atom. The Morgan fingerprint density at radius 2 is 1.83 bits per heavy atom. The first kappa shape index (κ1) is 37.3. The summed E-state index contributed by atoms with van der Waals surface area (Å²) in [7, 11) is -4.18. The number of sulfonamides is 1. The Kier molecular flexibility index (Phi) is 12.2. The standard InChI is InChI=1S/C27H32ClN5O6S2.C2HF3O2/c1-18-21(33-9-3-6-26(33)35)4-2-5-24(18)41(37,38)30-20(27(36)32-12-10-31(11-13-32)14-15-34)16-19-17-22(39-29-19)23-7-8-25(28)40-23;3-2(4,5)1(6)7/h2,4-5,7-8,17,20,30,34H,3,6,9-16H2,1H3;(H,6,7). The molecule has 0 saturated carbocycles. The third-order valence-electron chi connectivity index (χ3n) is 7.64. The highest BCUT2D eigenvalue weighted by Crippen LogP contribution is 2.32. The Hall–Kier alpha value is -3.55. The summed E-state index contributed by atoms with van der Waals surface area (Å²) in [5.74, 6) is -2.70. The molecular formula is C29H33ClF3N5O8S2. The number of carboxylic acid groups (broad SMARTS) is 1. The largest absolute Gasteiger partial charge is 0.490 e. The number of alkyl halides is 3. The zero-order valence-corrected chi connectivity index (χ0v) is 28.0. The third kappa shape index (κ3) is 9.32. The molecule has 2 amide bonds. The number of carbonyl (C=O) groups is 3. The van der Waals surface area contributed by atoms with Gasteiger partial charge in [-0.1, -0.05) is 22.8 Å².